The highest BCUT2D eigenvalue weighted by atomic mass is 32.1. The van der Waals surface area contributed by atoms with E-state index in [0.29, 0.717) is 24.0 Å². The number of carboxylic acids is 1. The molecule has 0 unspecified atom stereocenters. The SMILES string of the molecule is C.Cn1cc(Nc2nccc(-c3ccn(C4(CC#N)CN(C(=O)[C@@H]5CC5(F)F)C4)c3)n2)cn1.Cn1cc(Nc2nccc(-c3ccn(C4(CC#N)CNC4)c3)n2)cn1.O=C(O)[C@@H]1CC1(F)F.S.S.[2H][3H]. The predicted molar refractivity (Wildman–Crippen MR) is 253 cm³/mol. The highest BCUT2D eigenvalue weighted by Crippen LogP contribution is 2.51. The number of carboxylic acid groups (broad SMARTS) is 1. The van der Waals surface area contributed by atoms with E-state index in [4.69, 9.17) is 13.3 Å². The molecule has 0 spiro atoms. The molecule has 2 atom stereocenters. The lowest BCUT2D eigenvalue weighted by atomic mass is 9.86. The van der Waals surface area contributed by atoms with Gasteiger partial charge in [-0.2, -0.15) is 47.7 Å². The number of carbonyl (C=O) groups excluding carboxylic acids is 1. The van der Waals surface area contributed by atoms with Gasteiger partial charge >= 0.3 is 5.97 Å². The molecule has 4 aliphatic rings. The molecule has 6 aromatic heterocycles. The third-order valence-corrected chi connectivity index (χ3v) is 11.6. The molecular weight excluding hydrogens is 929 g/mol. The van der Waals surface area contributed by atoms with Gasteiger partial charge in [-0.3, -0.25) is 19.0 Å². The second-order valence-electron chi connectivity index (χ2n) is 16.5. The summed E-state index contributed by atoms with van der Waals surface area (Å²) in [6.07, 6.45) is 18.0. The Bertz CT molecular complexity index is 2820. The summed E-state index contributed by atoms with van der Waals surface area (Å²) in [4.78, 5) is 41.0. The summed E-state index contributed by atoms with van der Waals surface area (Å²) in [5, 5.41) is 44.1. The van der Waals surface area contributed by atoms with Crippen LogP contribution < -0.4 is 16.0 Å². The number of amides is 1. The largest absolute Gasteiger partial charge is 0.481 e. The highest BCUT2D eigenvalue weighted by molar-refractivity contribution is 7.59. The van der Waals surface area contributed by atoms with Crippen molar-refractivity contribution in [2.24, 2.45) is 25.9 Å². The number of alkyl halides is 4. The lowest BCUT2D eigenvalue weighted by molar-refractivity contribution is -0.146. The van der Waals surface area contributed by atoms with E-state index in [2.05, 4.69) is 62.8 Å². The number of nitrogens with one attached hydrogen (secondary N) is 3. The first-order valence-corrected chi connectivity index (χ1v) is 20.3. The normalized spacial score (nSPS) is 19.1. The Balaban J connectivity index is 0.000000250. The number of aryl methyl sites for hydroxylation is 2. The van der Waals surface area contributed by atoms with Gasteiger partial charge in [0.15, 0.2) is 0 Å². The van der Waals surface area contributed by atoms with Crippen molar-refractivity contribution in [2.45, 2.75) is 56.0 Å². The van der Waals surface area contributed by atoms with E-state index < -0.39 is 47.5 Å². The van der Waals surface area contributed by atoms with E-state index in [9.17, 15) is 32.4 Å². The lowest BCUT2D eigenvalue weighted by Crippen LogP contribution is -2.64. The lowest BCUT2D eigenvalue weighted by Gasteiger charge is -2.50. The van der Waals surface area contributed by atoms with Gasteiger partial charge in [0, 0.05) is 117 Å². The van der Waals surface area contributed by atoms with Crippen molar-refractivity contribution >= 4 is 62.1 Å². The molecule has 2 aliphatic heterocycles. The number of hydrogen-bond acceptors (Lipinski definition) is 13. The summed E-state index contributed by atoms with van der Waals surface area (Å²) >= 11 is 0. The van der Waals surface area contributed by atoms with Gasteiger partial charge in [0.05, 0.1) is 71.2 Å². The molecule has 0 bridgehead atoms. The second kappa shape index (κ2) is 20.5. The summed E-state index contributed by atoms with van der Waals surface area (Å²) in [7, 11) is 3.67. The second-order valence-corrected chi connectivity index (χ2v) is 16.5. The van der Waals surface area contributed by atoms with Crippen LogP contribution in [0.5, 0.6) is 0 Å². The van der Waals surface area contributed by atoms with Gasteiger partial charge in [-0.05, 0) is 24.3 Å². The van der Waals surface area contributed by atoms with Crippen molar-refractivity contribution in [3.8, 4) is 34.7 Å². The van der Waals surface area contributed by atoms with Gasteiger partial charge in [0.25, 0.3) is 11.8 Å². The highest BCUT2D eigenvalue weighted by Gasteiger charge is 2.64. The molecule has 2 aliphatic carbocycles. The van der Waals surface area contributed by atoms with E-state index in [1.807, 2.05) is 67.8 Å². The Hall–Kier alpha value is -6.96. The molecule has 362 valence electrons. The Kier molecular flexibility index (Phi) is 15.2. The number of aromatic nitrogens is 10. The van der Waals surface area contributed by atoms with Crippen molar-refractivity contribution in [1.82, 2.24) is 58.8 Å². The Morgan fingerprint density at radius 1 is 0.794 bits per heavy atom. The van der Waals surface area contributed by atoms with Crippen molar-refractivity contribution in [2.75, 3.05) is 36.8 Å². The van der Waals surface area contributed by atoms with E-state index in [1.165, 1.54) is 4.90 Å². The fraction of sp³-hybridized carbons (Fsp3) is 0.395. The summed E-state index contributed by atoms with van der Waals surface area (Å²) in [6.45, 7) is 2.09. The van der Waals surface area contributed by atoms with Crippen LogP contribution in [0.3, 0.4) is 0 Å². The van der Waals surface area contributed by atoms with Crippen molar-refractivity contribution < 1.29 is 35.2 Å². The molecule has 1 amide bonds. The zero-order valence-electron chi connectivity index (χ0n) is 38.0. The molecule has 4 fully saturated rings. The molecule has 68 heavy (non-hydrogen) atoms. The maximum absolute atomic E-state index is 13.3. The molecule has 6 aromatic rings. The molecule has 10 rings (SSSR count). The zero-order chi connectivity index (χ0) is 48.1. The maximum Gasteiger partial charge on any atom is 0.312 e. The van der Waals surface area contributed by atoms with Gasteiger partial charge in [-0.15, -0.1) is 0 Å². The van der Waals surface area contributed by atoms with Gasteiger partial charge < -0.3 is 35.1 Å². The molecule has 19 nitrogen and oxygen atoms in total. The molecule has 0 aromatic carbocycles. The van der Waals surface area contributed by atoms with Crippen LogP contribution in [0, 0.1) is 34.5 Å². The van der Waals surface area contributed by atoms with Crippen LogP contribution in [0.2, 0.25) is 0 Å². The van der Waals surface area contributed by atoms with Gasteiger partial charge in [0.1, 0.15) is 11.8 Å². The predicted octanol–water partition coefficient (Wildman–Crippen LogP) is 6.00. The van der Waals surface area contributed by atoms with Gasteiger partial charge in [-0.25, -0.2) is 37.5 Å². The number of aliphatic carboxylic acids is 1. The third kappa shape index (κ3) is 11.2. The molecule has 0 radical (unpaired) electrons. The smallest absolute Gasteiger partial charge is 0.312 e. The van der Waals surface area contributed by atoms with Gasteiger partial charge in [-0.1, -0.05) is 7.43 Å². The standard InChI is InChI=1S/C21H20F2N8O.C17H18N8.C4H4F2O2.CH4.2H2S.H2/c1-29-11-15(9-26-29)27-19-25-6-2-17(28-19)14-3-7-31(10-14)20(4-5-24)12-30(13-20)18(32)16-8-21(16,22)23;1-24-10-14(8-21-24)22-16-20-6-2-15(23-16)13-3-7-25(9-13)17(4-5-18)11-19-12-17;5-4(6)1-2(4)3(7)8;;;;/h2-3,6-7,9-11,16H,4,8,12-13H2,1H3,(H,25,27,28);2-3,6-10,19H,4,11-12H2,1H3,(H,20,22,23);2H,1H2,(H,7,8);1H4;2*1H2;1H/t16-;;2-;;;;/m0.0..../s1/i;;;;;;1+2D. The molecular formula is C43H52F4N16O3S2. The zero-order valence-corrected chi connectivity index (χ0v) is 38.0. The first-order chi connectivity index (χ1) is 32.0. The minimum atomic E-state index is -2.91. The van der Waals surface area contributed by atoms with Crippen molar-refractivity contribution in [3.05, 3.63) is 86.2 Å². The van der Waals surface area contributed by atoms with Crippen LogP contribution in [-0.2, 0) is 34.8 Å². The summed E-state index contributed by atoms with van der Waals surface area (Å²) in [5.74, 6) is -9.40. The number of likely N-dealkylation sites (tertiary alicyclic amines) is 1. The van der Waals surface area contributed by atoms with Gasteiger partial charge in [0.2, 0.25) is 17.8 Å². The number of nitrogens with zero attached hydrogens (tertiary/aromatic N) is 13. The minimum absolute atomic E-state index is 0. The minimum Gasteiger partial charge on any atom is -0.481 e. The van der Waals surface area contributed by atoms with Crippen LogP contribution in [0.4, 0.5) is 40.8 Å². The first kappa shape index (κ1) is 50.5. The average molecular weight is 984 g/mol. The first-order valence-electron chi connectivity index (χ1n) is 21.3. The van der Waals surface area contributed by atoms with Crippen LogP contribution >= 0.6 is 27.0 Å². The van der Waals surface area contributed by atoms with E-state index in [1.54, 1.807) is 46.4 Å². The summed E-state index contributed by atoms with van der Waals surface area (Å²) in [5.41, 5.74) is 4.16. The topological polar surface area (TPSA) is 238 Å². The number of carbonyl (C=O) groups is 2. The Labute approximate surface area is 405 Å². The molecule has 2 saturated carbocycles. The van der Waals surface area contributed by atoms with E-state index in [-0.39, 0.29) is 65.9 Å². The van der Waals surface area contributed by atoms with E-state index >= 15 is 0 Å². The van der Waals surface area contributed by atoms with Crippen LogP contribution in [0.15, 0.2) is 86.2 Å². The summed E-state index contributed by atoms with van der Waals surface area (Å²) in [6, 6.07) is 12.0. The number of halogens is 4. The Morgan fingerprint density at radius 2 is 1.24 bits per heavy atom. The number of rotatable bonds is 12. The quantitative estimate of drug-likeness (QED) is 0.103. The van der Waals surface area contributed by atoms with Crippen LogP contribution in [0.1, 0.15) is 36.1 Å². The van der Waals surface area contributed by atoms with Crippen molar-refractivity contribution in [3.63, 3.8) is 0 Å². The van der Waals surface area contributed by atoms with Crippen LogP contribution in [-0.4, -0.2) is 109 Å². The number of hydrogen-bond donors (Lipinski definition) is 4. The number of nitriles is 2. The molecule has 2 saturated heterocycles. The van der Waals surface area contributed by atoms with E-state index in [0.717, 1.165) is 41.3 Å². The number of anilines is 4. The maximum atomic E-state index is 13.3. The molecule has 8 heterocycles. The van der Waals surface area contributed by atoms with Crippen molar-refractivity contribution in [1.29, 1.82) is 10.5 Å². The molecule has 25 heteroatoms. The fourth-order valence-electron chi connectivity index (χ4n) is 7.55. The third-order valence-electron chi connectivity index (χ3n) is 11.6. The monoisotopic (exact) mass is 983 g/mol. The average Bonchev–Trinajstić information content (AvgIpc) is 3.70. The molecule has 4 N–H and O–H groups in total. The Morgan fingerprint density at radius 3 is 1.59 bits per heavy atom. The summed E-state index contributed by atoms with van der Waals surface area (Å²) < 4.78 is 67.3. The van der Waals surface area contributed by atoms with Crippen LogP contribution in [0.25, 0.3) is 22.5 Å². The fourth-order valence-corrected chi connectivity index (χ4v) is 7.55.